The summed E-state index contributed by atoms with van der Waals surface area (Å²) in [4.78, 5) is 15.9. The Balaban J connectivity index is 2.51. The Bertz CT molecular complexity index is 201. The van der Waals surface area contributed by atoms with Gasteiger partial charge in [-0.1, -0.05) is 0 Å². The largest absolute Gasteiger partial charge is 0.349 e. The fraction of sp³-hybridized carbons (Fsp3) is 0.909. The lowest BCUT2D eigenvalue weighted by Gasteiger charge is -2.35. The molecule has 82 valence electrons. The van der Waals surface area contributed by atoms with Gasteiger partial charge in [0, 0.05) is 26.7 Å². The summed E-state index contributed by atoms with van der Waals surface area (Å²) in [6.07, 6.45) is 2.21. The van der Waals surface area contributed by atoms with E-state index in [0.717, 1.165) is 25.9 Å². The third-order valence-electron chi connectivity index (χ3n) is 2.97. The fourth-order valence-corrected chi connectivity index (χ4v) is 2.04. The molecule has 0 bridgehead atoms. The van der Waals surface area contributed by atoms with E-state index in [0.29, 0.717) is 6.04 Å². The van der Waals surface area contributed by atoms with Crippen molar-refractivity contribution in [1.82, 2.24) is 9.80 Å². The first-order valence-electron chi connectivity index (χ1n) is 5.47. The van der Waals surface area contributed by atoms with Crippen molar-refractivity contribution in [3.8, 4) is 0 Å². The normalized spacial score (nSPS) is 23.9. The quantitative estimate of drug-likeness (QED) is 0.665. The molecule has 0 saturated carbocycles. The average molecular weight is 198 g/mol. The van der Waals surface area contributed by atoms with Gasteiger partial charge in [-0.25, -0.2) is 0 Å². The van der Waals surface area contributed by atoms with Gasteiger partial charge in [-0.2, -0.15) is 0 Å². The molecule has 1 fully saturated rings. The van der Waals surface area contributed by atoms with Crippen LogP contribution in [0.4, 0.5) is 0 Å². The van der Waals surface area contributed by atoms with E-state index in [2.05, 4.69) is 18.7 Å². The lowest BCUT2D eigenvalue weighted by Crippen LogP contribution is -2.45. The van der Waals surface area contributed by atoms with Crippen LogP contribution >= 0.6 is 0 Å². The van der Waals surface area contributed by atoms with Gasteiger partial charge in [0.05, 0.1) is 5.92 Å². The third kappa shape index (κ3) is 2.71. The van der Waals surface area contributed by atoms with Gasteiger partial charge in [-0.15, -0.1) is 0 Å². The van der Waals surface area contributed by atoms with Crippen LogP contribution in [-0.4, -0.2) is 48.9 Å². The van der Waals surface area contributed by atoms with Crippen molar-refractivity contribution in [2.24, 2.45) is 5.92 Å². The number of rotatable bonds is 2. The Kier molecular flexibility index (Phi) is 3.93. The molecule has 0 spiro atoms. The van der Waals surface area contributed by atoms with E-state index in [-0.39, 0.29) is 11.8 Å². The minimum atomic E-state index is 0.223. The molecule has 1 rings (SSSR count). The van der Waals surface area contributed by atoms with Crippen LogP contribution in [-0.2, 0) is 4.79 Å². The molecule has 14 heavy (non-hydrogen) atoms. The van der Waals surface area contributed by atoms with E-state index in [1.165, 1.54) is 0 Å². The fourth-order valence-electron chi connectivity index (χ4n) is 2.04. The van der Waals surface area contributed by atoms with E-state index >= 15 is 0 Å². The summed E-state index contributed by atoms with van der Waals surface area (Å²) >= 11 is 0. The predicted molar refractivity (Wildman–Crippen MR) is 58.1 cm³/mol. The highest BCUT2D eigenvalue weighted by atomic mass is 16.2. The molecule has 0 aromatic heterocycles. The molecule has 0 aromatic carbocycles. The SMILES string of the molecule is CC(C)N1CCCC(C(=O)N(C)C)C1. The molecule has 0 radical (unpaired) electrons. The molecule has 1 amide bonds. The average Bonchev–Trinajstić information content (AvgIpc) is 2.16. The van der Waals surface area contributed by atoms with Crippen LogP contribution < -0.4 is 0 Å². The van der Waals surface area contributed by atoms with E-state index in [9.17, 15) is 4.79 Å². The van der Waals surface area contributed by atoms with Crippen LogP contribution in [0.1, 0.15) is 26.7 Å². The molecule has 1 aliphatic rings. The Morgan fingerprint density at radius 3 is 2.57 bits per heavy atom. The highest BCUT2D eigenvalue weighted by molar-refractivity contribution is 5.78. The molecule has 1 aliphatic heterocycles. The van der Waals surface area contributed by atoms with Crippen molar-refractivity contribution in [1.29, 1.82) is 0 Å². The highest BCUT2D eigenvalue weighted by Gasteiger charge is 2.27. The predicted octanol–water partition coefficient (Wildman–Crippen LogP) is 1.20. The number of carbonyl (C=O) groups excluding carboxylic acids is 1. The Hall–Kier alpha value is -0.570. The van der Waals surface area contributed by atoms with Crippen LogP contribution in [0.5, 0.6) is 0 Å². The molecule has 1 atom stereocenters. The maximum Gasteiger partial charge on any atom is 0.226 e. The van der Waals surface area contributed by atoms with Crippen molar-refractivity contribution < 1.29 is 4.79 Å². The first-order valence-corrected chi connectivity index (χ1v) is 5.47. The molecule has 1 unspecified atom stereocenters. The minimum absolute atomic E-state index is 0.223. The summed E-state index contributed by atoms with van der Waals surface area (Å²) in [6, 6.07) is 0.563. The minimum Gasteiger partial charge on any atom is -0.349 e. The van der Waals surface area contributed by atoms with Crippen LogP contribution in [0.3, 0.4) is 0 Å². The zero-order chi connectivity index (χ0) is 10.7. The second-order valence-electron chi connectivity index (χ2n) is 4.66. The number of carbonyl (C=O) groups is 1. The molecule has 0 aliphatic carbocycles. The van der Waals surface area contributed by atoms with Gasteiger partial charge in [-0.05, 0) is 33.2 Å². The Morgan fingerprint density at radius 2 is 2.07 bits per heavy atom. The second-order valence-corrected chi connectivity index (χ2v) is 4.66. The van der Waals surface area contributed by atoms with Crippen LogP contribution in [0.2, 0.25) is 0 Å². The van der Waals surface area contributed by atoms with Crippen molar-refractivity contribution in [2.75, 3.05) is 27.2 Å². The smallest absolute Gasteiger partial charge is 0.226 e. The van der Waals surface area contributed by atoms with Crippen molar-refractivity contribution in [3.05, 3.63) is 0 Å². The van der Waals surface area contributed by atoms with Gasteiger partial charge >= 0.3 is 0 Å². The Labute approximate surface area is 87.1 Å². The first-order chi connectivity index (χ1) is 6.52. The highest BCUT2D eigenvalue weighted by Crippen LogP contribution is 2.19. The molecule has 1 saturated heterocycles. The molecule has 1 heterocycles. The molecular formula is C11H22N2O. The molecule has 0 N–H and O–H groups in total. The van der Waals surface area contributed by atoms with Gasteiger partial charge in [0.2, 0.25) is 5.91 Å². The molecule has 3 nitrogen and oxygen atoms in total. The van der Waals surface area contributed by atoms with Gasteiger partial charge in [0.1, 0.15) is 0 Å². The lowest BCUT2D eigenvalue weighted by molar-refractivity contribution is -0.134. The van der Waals surface area contributed by atoms with Crippen molar-refractivity contribution in [3.63, 3.8) is 0 Å². The summed E-state index contributed by atoms with van der Waals surface area (Å²) in [5.74, 6) is 0.511. The van der Waals surface area contributed by atoms with E-state index in [1.807, 2.05) is 14.1 Å². The van der Waals surface area contributed by atoms with Crippen LogP contribution in [0.15, 0.2) is 0 Å². The van der Waals surface area contributed by atoms with Crippen LogP contribution in [0, 0.1) is 5.92 Å². The zero-order valence-corrected chi connectivity index (χ0v) is 9.79. The monoisotopic (exact) mass is 198 g/mol. The standard InChI is InChI=1S/C11H22N2O/c1-9(2)13-7-5-6-10(8-13)11(14)12(3)4/h9-10H,5-8H2,1-4H3. The van der Waals surface area contributed by atoms with E-state index in [4.69, 9.17) is 0 Å². The van der Waals surface area contributed by atoms with Gasteiger partial charge in [-0.3, -0.25) is 4.79 Å². The maximum absolute atomic E-state index is 11.8. The number of likely N-dealkylation sites (tertiary alicyclic amines) is 1. The topological polar surface area (TPSA) is 23.6 Å². The maximum atomic E-state index is 11.8. The Morgan fingerprint density at radius 1 is 1.43 bits per heavy atom. The first kappa shape index (κ1) is 11.5. The number of hydrogen-bond acceptors (Lipinski definition) is 2. The van der Waals surface area contributed by atoms with E-state index < -0.39 is 0 Å². The van der Waals surface area contributed by atoms with E-state index in [1.54, 1.807) is 4.90 Å². The van der Waals surface area contributed by atoms with Crippen LogP contribution in [0.25, 0.3) is 0 Å². The lowest BCUT2D eigenvalue weighted by atomic mass is 9.96. The molecule has 3 heteroatoms. The van der Waals surface area contributed by atoms with Crippen molar-refractivity contribution in [2.45, 2.75) is 32.7 Å². The van der Waals surface area contributed by atoms with Gasteiger partial charge in [0.25, 0.3) is 0 Å². The zero-order valence-electron chi connectivity index (χ0n) is 9.79. The summed E-state index contributed by atoms with van der Waals surface area (Å²) in [6.45, 7) is 6.48. The summed E-state index contributed by atoms with van der Waals surface area (Å²) < 4.78 is 0. The van der Waals surface area contributed by atoms with Gasteiger partial charge in [0.15, 0.2) is 0 Å². The second kappa shape index (κ2) is 4.78. The number of piperidine rings is 1. The third-order valence-corrected chi connectivity index (χ3v) is 2.97. The van der Waals surface area contributed by atoms with Gasteiger partial charge < -0.3 is 9.80 Å². The van der Waals surface area contributed by atoms with Crippen molar-refractivity contribution >= 4 is 5.91 Å². The summed E-state index contributed by atoms with van der Waals surface area (Å²) in [7, 11) is 3.69. The number of nitrogens with zero attached hydrogens (tertiary/aromatic N) is 2. The molecule has 0 aromatic rings. The summed E-state index contributed by atoms with van der Waals surface area (Å²) in [5.41, 5.74) is 0. The number of amides is 1. The number of hydrogen-bond donors (Lipinski definition) is 0. The summed E-state index contributed by atoms with van der Waals surface area (Å²) in [5, 5.41) is 0. The molecular weight excluding hydrogens is 176 g/mol.